The monoisotopic (exact) mass is 230 g/mol. The Kier molecular flexibility index (Phi) is 2.01. The van der Waals surface area contributed by atoms with Crippen molar-refractivity contribution in [1.29, 1.82) is 0 Å². The van der Waals surface area contributed by atoms with Crippen molar-refractivity contribution in [1.82, 2.24) is 0 Å². The molecule has 1 aliphatic carbocycles. The summed E-state index contributed by atoms with van der Waals surface area (Å²) in [7, 11) is 0. The fraction of sp³-hybridized carbons (Fsp3) is 0.300. The van der Waals surface area contributed by atoms with Crippen molar-refractivity contribution in [2.75, 3.05) is 0 Å². The van der Waals surface area contributed by atoms with Gasteiger partial charge in [0.05, 0.1) is 0 Å². The molecule has 0 aromatic heterocycles. The Morgan fingerprint density at radius 3 is 2.92 bits per heavy atom. The highest BCUT2D eigenvalue weighted by molar-refractivity contribution is 9.10. The number of rotatable bonds is 0. The van der Waals surface area contributed by atoms with Crippen LogP contribution in [0.25, 0.3) is 0 Å². The van der Waals surface area contributed by atoms with Gasteiger partial charge in [0.15, 0.2) is 5.78 Å². The van der Waals surface area contributed by atoms with Crippen LogP contribution in [0.3, 0.4) is 0 Å². The number of fused-ring (bicyclic) bond motifs is 1. The Morgan fingerprint density at radius 1 is 1.25 bits per heavy atom. The van der Waals surface area contributed by atoms with Crippen LogP contribution in [-0.4, -0.2) is 5.78 Å². The molecule has 2 rings (SSSR count). The molecule has 0 atom stereocenters. The predicted octanol–water partition coefficient (Wildman–Crippen LogP) is 2.97. The Balaban J connectivity index is 2.54. The van der Waals surface area contributed by atoms with Gasteiger partial charge in [0.1, 0.15) is 0 Å². The Labute approximate surface area is 79.9 Å². The number of hydrogen-bond donors (Lipinski definition) is 0. The summed E-state index contributed by atoms with van der Waals surface area (Å²) in [6.07, 6.45) is 2.77. The molecule has 12 heavy (non-hydrogen) atoms. The van der Waals surface area contributed by atoms with Crippen LogP contribution in [0.4, 0.5) is 0 Å². The molecule has 62 valence electrons. The molecule has 0 amide bonds. The zero-order valence-corrected chi connectivity index (χ0v) is 8.23. The number of hydrogen-bond acceptors (Lipinski definition) is 1. The lowest BCUT2D eigenvalue weighted by Gasteiger charge is -2.13. The van der Waals surface area contributed by atoms with Gasteiger partial charge in [-0.1, -0.05) is 22.0 Å². The third-order valence-electron chi connectivity index (χ3n) is 2.22. The maximum absolute atomic E-state index is 11.4. The molecule has 0 aliphatic heterocycles. The van der Waals surface area contributed by atoms with Crippen LogP contribution in [0.5, 0.6) is 0 Å². The second-order valence-electron chi connectivity index (χ2n) is 3.08. The number of halogens is 1. The molecule has 0 unspecified atom stereocenters. The van der Waals surface area contributed by atoms with Crippen LogP contribution in [0, 0.1) is 0 Å². The predicted molar refractivity (Wildman–Crippen MR) is 51.4 cm³/mol. The first-order chi connectivity index (χ1) is 5.77. The molecule has 0 N–H and O–H groups in total. The van der Waals surface area contributed by atoms with Gasteiger partial charge in [0, 0.05) is 16.5 Å². The highest BCUT2D eigenvalue weighted by atomic mass is 79.9. The summed E-state index contributed by atoms with van der Waals surface area (Å²) in [4.78, 5) is 11.4. The van der Waals surface area contributed by atoms with Crippen LogP contribution in [0.1, 0.15) is 28.8 Å². The molecule has 0 saturated heterocycles. The number of carbonyl (C=O) groups excluding carboxylic acids is 1. The van der Waals surface area contributed by atoms with E-state index in [0.29, 0.717) is 6.42 Å². The maximum Gasteiger partial charge on any atom is 0.163 e. The molecule has 0 bridgehead atoms. The summed E-state index contributed by atoms with van der Waals surface area (Å²) in [6.45, 7) is 0. The van der Waals surface area contributed by atoms with E-state index >= 15 is 0 Å². The molecule has 0 radical (unpaired) electrons. The van der Waals surface area contributed by atoms with Gasteiger partial charge in [-0.3, -0.25) is 4.79 Å². The topological polar surface area (TPSA) is 17.1 Å². The average Bonchev–Trinajstić information content (AvgIpc) is 2.07. The standard InChI is InChI=1S/C10H9BrO/c11-8-5-4-7-2-1-3-10(12)9(7)6-8/h4-6H,1-3H2/i4+1,5+1,6+1,7+1,8+1,9+1. The number of ketones is 1. The third kappa shape index (κ3) is 1.31. The van der Waals surface area contributed by atoms with Gasteiger partial charge in [-0.05, 0) is 30.5 Å². The Morgan fingerprint density at radius 2 is 2.08 bits per heavy atom. The second kappa shape index (κ2) is 3.02. The number of benzene rings is 1. The first kappa shape index (κ1) is 7.99. The van der Waals surface area contributed by atoms with Gasteiger partial charge in [-0.2, -0.15) is 0 Å². The summed E-state index contributed by atoms with van der Waals surface area (Å²) in [5.41, 5.74) is 2.12. The minimum absolute atomic E-state index is 0.289. The van der Waals surface area contributed by atoms with E-state index in [1.54, 1.807) is 0 Å². The van der Waals surface area contributed by atoms with Crippen molar-refractivity contribution in [3.63, 3.8) is 0 Å². The van der Waals surface area contributed by atoms with Crippen molar-refractivity contribution in [2.24, 2.45) is 0 Å². The fourth-order valence-electron chi connectivity index (χ4n) is 1.60. The Bertz CT molecular complexity index is 331. The largest absolute Gasteiger partial charge is 0.294 e. The van der Waals surface area contributed by atoms with E-state index in [-0.39, 0.29) is 5.78 Å². The van der Waals surface area contributed by atoms with Crippen LogP contribution >= 0.6 is 15.9 Å². The van der Waals surface area contributed by atoms with E-state index in [4.69, 9.17) is 0 Å². The molecule has 1 aliphatic rings. The number of aryl methyl sites for hydroxylation is 1. The molecule has 0 fully saturated rings. The van der Waals surface area contributed by atoms with Crippen LogP contribution in [-0.2, 0) is 6.42 Å². The summed E-state index contributed by atoms with van der Waals surface area (Å²) in [6, 6.07) is 5.96. The van der Waals surface area contributed by atoms with E-state index in [9.17, 15) is 4.79 Å². The molecule has 2 heteroatoms. The molecular formula is C10H9BrO. The first-order valence-corrected chi connectivity index (χ1v) is 4.88. The van der Waals surface area contributed by atoms with E-state index in [2.05, 4.69) is 15.9 Å². The van der Waals surface area contributed by atoms with Crippen LogP contribution in [0.2, 0.25) is 0 Å². The molecular weight excluding hydrogens is 222 g/mol. The van der Waals surface area contributed by atoms with Crippen LogP contribution in [0.15, 0.2) is 22.7 Å². The fourth-order valence-corrected chi connectivity index (χ4v) is 1.96. The molecule has 1 aromatic carbocycles. The summed E-state index contributed by atoms with van der Waals surface area (Å²) in [5.74, 6) is 0.289. The highest BCUT2D eigenvalue weighted by Gasteiger charge is 2.16. The summed E-state index contributed by atoms with van der Waals surface area (Å²) < 4.78 is 0.997. The zero-order valence-electron chi connectivity index (χ0n) is 6.64. The lowest BCUT2D eigenvalue weighted by atomic mass is 10.2. The minimum Gasteiger partial charge on any atom is -0.294 e. The van der Waals surface area contributed by atoms with E-state index < -0.39 is 0 Å². The van der Waals surface area contributed by atoms with Crippen molar-refractivity contribution < 1.29 is 4.79 Å². The lowest BCUT2D eigenvalue weighted by molar-refractivity contribution is 0.0972. The van der Waals surface area contributed by atoms with E-state index in [1.165, 1.54) is 5.56 Å². The SMILES string of the molecule is O=C1CCC[13c]2[13cH][13cH][13c](Br)[13cH][13c]21. The van der Waals surface area contributed by atoms with Crippen LogP contribution < -0.4 is 0 Å². The second-order valence-corrected chi connectivity index (χ2v) is 3.99. The molecule has 0 spiro atoms. The van der Waals surface area contributed by atoms with E-state index in [1.807, 2.05) is 18.2 Å². The van der Waals surface area contributed by atoms with Crippen molar-refractivity contribution >= 4 is 21.7 Å². The van der Waals surface area contributed by atoms with Crippen molar-refractivity contribution in [3.05, 3.63) is 33.8 Å². The van der Waals surface area contributed by atoms with Gasteiger partial charge < -0.3 is 0 Å². The molecule has 1 nitrogen and oxygen atoms in total. The quantitative estimate of drug-likeness (QED) is 0.670. The molecule has 0 saturated carbocycles. The third-order valence-corrected chi connectivity index (χ3v) is 2.72. The van der Waals surface area contributed by atoms with E-state index in [0.717, 1.165) is 22.9 Å². The van der Waals surface area contributed by atoms with Gasteiger partial charge in [-0.25, -0.2) is 0 Å². The van der Waals surface area contributed by atoms with Crippen molar-refractivity contribution in [3.8, 4) is 0 Å². The van der Waals surface area contributed by atoms with Crippen molar-refractivity contribution in [2.45, 2.75) is 19.3 Å². The minimum atomic E-state index is 0.289. The Hall–Kier alpha value is -0.630. The highest BCUT2D eigenvalue weighted by Crippen LogP contribution is 2.24. The van der Waals surface area contributed by atoms with Gasteiger partial charge in [0.25, 0.3) is 0 Å². The van der Waals surface area contributed by atoms with Gasteiger partial charge in [-0.15, -0.1) is 0 Å². The maximum atomic E-state index is 11.4. The first-order valence-electron chi connectivity index (χ1n) is 4.09. The van der Waals surface area contributed by atoms with Gasteiger partial charge >= 0.3 is 0 Å². The summed E-state index contributed by atoms with van der Waals surface area (Å²) in [5, 5.41) is 0. The number of Topliss-reactive ketones (excluding diaryl/α,β-unsaturated/α-hetero) is 1. The number of carbonyl (C=O) groups is 1. The zero-order chi connectivity index (χ0) is 8.55. The average molecular weight is 231 g/mol. The summed E-state index contributed by atoms with van der Waals surface area (Å²) >= 11 is 3.37. The molecule has 1 aromatic rings. The normalized spacial score (nSPS) is 15.9. The smallest absolute Gasteiger partial charge is 0.163 e. The molecule has 0 heterocycles. The lowest BCUT2D eigenvalue weighted by Crippen LogP contribution is -2.10. The van der Waals surface area contributed by atoms with Gasteiger partial charge in [0.2, 0.25) is 0 Å².